The van der Waals surface area contributed by atoms with Gasteiger partial charge in [0, 0.05) is 121 Å². The Morgan fingerprint density at radius 1 is 0.583 bits per heavy atom. The molecule has 0 spiro atoms. The van der Waals surface area contributed by atoms with Gasteiger partial charge in [0.05, 0.1) is 29.5 Å². The number of amides is 4. The number of nitrogens with zero attached hydrogens (tertiary/aromatic N) is 5. The highest BCUT2D eigenvalue weighted by Crippen LogP contribution is 2.38. The quantitative estimate of drug-likeness (QED) is 0.0189. The summed E-state index contributed by atoms with van der Waals surface area (Å²) in [5.41, 5.74) is 26.7. The minimum absolute atomic E-state index is 0. The average molecular weight is 1800 g/mol. The van der Waals surface area contributed by atoms with Crippen LogP contribution in [0.15, 0.2) is 72.8 Å². The van der Waals surface area contributed by atoms with Crippen molar-refractivity contribution in [3.05, 3.63) is 97.0 Å². The van der Waals surface area contributed by atoms with Gasteiger partial charge in [-0.05, 0) is 268 Å². The number of urea groups is 2. The maximum Gasteiger partial charge on any atom is 0.495 e. The van der Waals surface area contributed by atoms with Crippen LogP contribution in [0, 0.1) is 38.8 Å². The van der Waals surface area contributed by atoms with Crippen LogP contribution < -0.4 is 49.7 Å². The molecule has 2 aromatic carbocycles. The van der Waals surface area contributed by atoms with E-state index < -0.39 is 73.4 Å². The Bertz CT molecular complexity index is 3380. The molecule has 15 N–H and O–H groups in total. The second kappa shape index (κ2) is 48.0. The third-order valence-corrected chi connectivity index (χ3v) is 19.0. The van der Waals surface area contributed by atoms with E-state index in [9.17, 15) is 45.4 Å². The Morgan fingerprint density at radius 2 is 0.963 bits per heavy atom. The van der Waals surface area contributed by atoms with Crippen LogP contribution in [-0.4, -0.2) is 185 Å². The molecule has 2 atom stereocenters. The largest absolute Gasteiger partial charge is 0.495 e. The van der Waals surface area contributed by atoms with Crippen LogP contribution in [0.3, 0.4) is 0 Å². The van der Waals surface area contributed by atoms with Crippen LogP contribution >= 0.6 is 71.1 Å². The number of aromatic nitrogens is 3. The Kier molecular flexibility index (Phi) is 43.9. The number of pyridine rings is 3. The van der Waals surface area contributed by atoms with E-state index in [1.165, 1.54) is 15.9 Å². The van der Waals surface area contributed by atoms with Gasteiger partial charge in [0.2, 0.25) is 5.95 Å². The number of likely N-dealkylation sites (tertiary alicyclic amines) is 2. The molecule has 0 bridgehead atoms. The number of rotatable bonds is 16. The summed E-state index contributed by atoms with van der Waals surface area (Å²) in [5, 5.41) is 39.3. The monoisotopic (exact) mass is 1800 g/mol. The molecular formula is C73H114BClF7I2N13O10S. The molecule has 3 aromatic heterocycles. The number of nitrogen functional groups attached to an aromatic ring is 3. The number of hydrogen-bond acceptors (Lipinski definition) is 19. The van der Waals surface area contributed by atoms with Crippen molar-refractivity contribution in [2.24, 2.45) is 17.6 Å². The zero-order chi connectivity index (χ0) is 79.3. The van der Waals surface area contributed by atoms with Gasteiger partial charge in [0.15, 0.2) is 0 Å². The fourth-order valence-corrected chi connectivity index (χ4v) is 12.5. The molecule has 11 rings (SSSR count). The molecule has 0 unspecified atom stereocenters. The van der Waals surface area contributed by atoms with Crippen molar-refractivity contribution in [3.63, 3.8) is 0 Å². The van der Waals surface area contributed by atoms with E-state index in [4.69, 9.17) is 56.7 Å². The summed E-state index contributed by atoms with van der Waals surface area (Å²) < 4.78 is 116. The fraction of sp³-hybridized carbons (Fsp3) is 0.603. The first-order valence-corrected chi connectivity index (χ1v) is 38.0. The van der Waals surface area contributed by atoms with Crippen molar-refractivity contribution in [2.45, 2.75) is 207 Å². The maximum absolute atomic E-state index is 12.6. The molecule has 3 aliphatic carbocycles. The number of ether oxygens (including phenoxy) is 3. The Hall–Kier alpha value is -5.26. The number of nitrogens with two attached hydrogens (primary N) is 4. The topological polar surface area (TPSA) is 338 Å². The third-order valence-electron chi connectivity index (χ3n) is 17.8. The second-order valence-corrected chi connectivity index (χ2v) is 29.8. The van der Waals surface area contributed by atoms with E-state index in [1.54, 1.807) is 30.3 Å². The number of aryl methyl sites for hydroxylation is 2. The van der Waals surface area contributed by atoms with Crippen molar-refractivity contribution in [1.82, 2.24) is 24.8 Å². The number of aliphatic hydroxyl groups is 3. The summed E-state index contributed by atoms with van der Waals surface area (Å²) in [7, 11) is -0.556. The highest BCUT2D eigenvalue weighted by atomic mass is 127. The minimum atomic E-state index is -4.22. The highest BCUT2D eigenvalue weighted by molar-refractivity contribution is 14.1. The highest BCUT2D eigenvalue weighted by Gasteiger charge is 2.52. The smallest absolute Gasteiger partial charge is 0.399 e. The van der Waals surface area contributed by atoms with Gasteiger partial charge in [-0.1, -0.05) is 17.7 Å². The molecule has 35 heteroatoms. The Balaban J connectivity index is 0.000000472. The van der Waals surface area contributed by atoms with E-state index in [0.29, 0.717) is 79.7 Å². The van der Waals surface area contributed by atoms with Gasteiger partial charge in [-0.2, -0.15) is 44.2 Å². The Labute approximate surface area is 672 Å². The fourth-order valence-electron chi connectivity index (χ4n) is 11.3. The van der Waals surface area contributed by atoms with Gasteiger partial charge >= 0.3 is 31.5 Å². The number of halogens is 10. The van der Waals surface area contributed by atoms with E-state index in [1.807, 2.05) is 142 Å². The lowest BCUT2D eigenvalue weighted by atomic mass is 9.76. The van der Waals surface area contributed by atoms with Crippen molar-refractivity contribution in [3.8, 4) is 11.1 Å². The lowest BCUT2D eigenvalue weighted by Gasteiger charge is -2.32. The van der Waals surface area contributed by atoms with Crippen LogP contribution in [0.2, 0.25) is 0 Å². The number of aliphatic hydroxyl groups excluding tert-OH is 3. The maximum atomic E-state index is 12.6. The summed E-state index contributed by atoms with van der Waals surface area (Å²) >= 11 is 4.17. The van der Waals surface area contributed by atoms with Gasteiger partial charge in [0.1, 0.15) is 29.1 Å². The minimum Gasteiger partial charge on any atom is -0.399 e. The van der Waals surface area contributed by atoms with Gasteiger partial charge in [-0.3, -0.25) is 0 Å². The normalized spacial score (nSPS) is 21.0. The number of alkyl halides is 6. The molecular weight excluding hydrogens is 1680 g/mol. The van der Waals surface area contributed by atoms with Crippen molar-refractivity contribution >= 4 is 136 Å². The zero-order valence-electron chi connectivity index (χ0n) is 63.8. The van der Waals surface area contributed by atoms with Crippen LogP contribution in [0.25, 0.3) is 11.1 Å². The van der Waals surface area contributed by atoms with Gasteiger partial charge in [-0.15, -0.1) is 12.4 Å². The SMILES string of the molecule is CCOCC.CCOCC.CCOCC.Cc1ccc(NC(=O)N2CC[C@@H](CC(F)(F)F)C2)cc1-c1cc(N)nc(NC2CC(O)C2)c1.Cc1ccc(NC(=O)N2CC[C@@H](CC(F)(F)F)C2)cc1B1OC(C)(C)C(C)(C)O1.Cl.NC1CC(O)C1.Nc1cc(I)cc(F)n1.Nc1cc(I)cc(NC2CC(O)C2)n1.S. The first-order valence-electron chi connectivity index (χ1n) is 35.9. The van der Waals surface area contributed by atoms with E-state index in [-0.39, 0.29) is 69.2 Å². The first-order chi connectivity index (χ1) is 49.7. The summed E-state index contributed by atoms with van der Waals surface area (Å²) in [6, 6.07) is 21.2. The average Bonchev–Trinajstić information content (AvgIpc) is 1.62. The molecule has 5 aromatic rings. The molecule has 0 radical (unpaired) electrons. The molecule has 3 saturated heterocycles. The molecule has 3 saturated carbocycles. The van der Waals surface area contributed by atoms with Gasteiger partial charge in [-0.25, -0.2) is 24.5 Å². The standard InChI is InChI=1S/C23H28F3N5O2.C20H28BF3N2O3.C9H12IN3O.C5H4FIN2.C4H9NO.3C4H10O.ClH.H2S/c1-13-2-3-16(29-22(33)31-5-4-14(12-31)11-23(24,25)26)10-19(13)15-6-20(27)30-21(7-15)28-17-8-18(32)9-17;1-13-6-7-15(10-16(13)21-28-18(2,3)19(4,5)29-21)25-17(27)26-9-8-14(12-26)11-20(22,23)24;10-5-1-8(11)13-9(2-5)12-6-3-7(14)4-6;6-4-1-3(7)2-5(8)9-4;5-3-1-4(6)2-3;3*1-3-5-4-2;;/h2-3,6-7,10,14,17-18,32H,4-5,8-9,11-12H2,1H3,(H,29,33)(H3,27,28,30);6-7,10,14H,8-9,11-12H2,1-5H3,(H,25,27);1-2,6-7,14H,3-4H2,(H3,11,12,13);1-2H,(H2,8,9);3-4,6H,1-2,5H2;3*3-4H2,1-2H3;1H;1H2/t14-,17?,18?;14-;;;;;;;;/m00......../s1. The molecule has 6 heterocycles. The number of nitrogens with one attached hydrogen (secondary N) is 4. The van der Waals surface area contributed by atoms with Crippen LogP contribution in [0.1, 0.15) is 145 Å². The van der Waals surface area contributed by atoms with Crippen molar-refractivity contribution in [2.75, 3.05) is 104 Å². The predicted octanol–water partition coefficient (Wildman–Crippen LogP) is 14.2. The van der Waals surface area contributed by atoms with Gasteiger partial charge in [0.25, 0.3) is 0 Å². The summed E-state index contributed by atoms with van der Waals surface area (Å²) in [4.78, 5) is 39.8. The molecule has 23 nitrogen and oxygen atoms in total. The van der Waals surface area contributed by atoms with Crippen LogP contribution in [-0.2, 0) is 23.5 Å². The van der Waals surface area contributed by atoms with E-state index in [2.05, 4.69) is 58.8 Å². The zero-order valence-corrected chi connectivity index (χ0v) is 70.0. The summed E-state index contributed by atoms with van der Waals surface area (Å²) in [6.45, 7) is 29.6. The number of hydrogen-bond donors (Lipinski definition) is 11. The number of benzene rings is 2. The molecule has 3 aliphatic heterocycles. The molecule has 6 aliphatic rings. The third kappa shape index (κ3) is 36.5. The number of carbonyl (C=O) groups excluding carboxylic acids is 2. The molecule has 610 valence electrons. The van der Waals surface area contributed by atoms with Gasteiger partial charge < -0.3 is 92.8 Å². The summed E-state index contributed by atoms with van der Waals surface area (Å²) in [6.07, 6.45) is -5.43. The predicted molar refractivity (Wildman–Crippen MR) is 440 cm³/mol. The molecule has 108 heavy (non-hydrogen) atoms. The second-order valence-electron chi connectivity index (χ2n) is 27.3. The summed E-state index contributed by atoms with van der Waals surface area (Å²) in [5.74, 6) is 0.871. The number of carbonyl (C=O) groups is 2. The Morgan fingerprint density at radius 3 is 1.31 bits per heavy atom. The number of anilines is 7. The lowest BCUT2D eigenvalue weighted by molar-refractivity contribution is -0.144. The molecule has 6 fully saturated rings. The van der Waals surface area contributed by atoms with Crippen molar-refractivity contribution in [1.29, 1.82) is 0 Å². The molecule has 4 amide bonds. The van der Waals surface area contributed by atoms with Crippen LogP contribution in [0.5, 0.6) is 0 Å². The first kappa shape index (κ1) is 98.8. The van der Waals surface area contributed by atoms with E-state index in [0.717, 1.165) is 106 Å². The van der Waals surface area contributed by atoms with Crippen molar-refractivity contribution < 1.29 is 79.2 Å². The van der Waals surface area contributed by atoms with Crippen LogP contribution in [0.4, 0.5) is 80.8 Å². The lowest BCUT2D eigenvalue weighted by Crippen LogP contribution is -2.41. The van der Waals surface area contributed by atoms with E-state index >= 15 is 0 Å².